The Bertz CT molecular complexity index is 1240. The standard InChI is InChI=1S/C20H18ClF2N5O2S/c1-28-15-5-2-11(18(29)24-6-7-30-10-17(22)23)8-14(15)25-19(28)27-20-26-13-4-3-12(21)9-16(13)31-20/h2-5,8-9,17H,6-7,10H2,1H3,(H,24,29)(H,25,26,27). The van der Waals surface area contributed by atoms with Crippen LogP contribution in [-0.2, 0) is 11.8 Å². The number of halogens is 3. The summed E-state index contributed by atoms with van der Waals surface area (Å²) in [6.07, 6.45) is -2.52. The number of benzene rings is 2. The number of fused-ring (bicyclic) bond motifs is 2. The first-order valence-electron chi connectivity index (χ1n) is 9.34. The number of hydrogen-bond donors (Lipinski definition) is 2. The second kappa shape index (κ2) is 9.13. The van der Waals surface area contributed by atoms with Crippen LogP contribution < -0.4 is 10.6 Å². The van der Waals surface area contributed by atoms with E-state index in [1.54, 1.807) is 24.3 Å². The summed E-state index contributed by atoms with van der Waals surface area (Å²) in [6.45, 7) is -0.489. The first-order valence-corrected chi connectivity index (χ1v) is 10.5. The molecule has 0 fully saturated rings. The summed E-state index contributed by atoms with van der Waals surface area (Å²) >= 11 is 7.50. The Hall–Kier alpha value is -2.82. The van der Waals surface area contributed by atoms with Crippen LogP contribution in [0.3, 0.4) is 0 Å². The molecule has 0 bridgehead atoms. The molecule has 0 radical (unpaired) electrons. The van der Waals surface area contributed by atoms with Crippen LogP contribution in [0, 0.1) is 0 Å². The van der Waals surface area contributed by atoms with Crippen LogP contribution in [0.2, 0.25) is 5.02 Å². The number of aryl methyl sites for hydroxylation is 1. The van der Waals surface area contributed by atoms with Crippen LogP contribution in [-0.4, -0.2) is 46.6 Å². The van der Waals surface area contributed by atoms with Crippen LogP contribution in [0.5, 0.6) is 0 Å². The molecule has 4 aromatic rings. The van der Waals surface area contributed by atoms with Gasteiger partial charge in [-0.1, -0.05) is 22.9 Å². The van der Waals surface area contributed by atoms with E-state index in [4.69, 9.17) is 16.3 Å². The topological polar surface area (TPSA) is 81.1 Å². The van der Waals surface area contributed by atoms with Gasteiger partial charge < -0.3 is 19.9 Å². The Kier molecular flexibility index (Phi) is 6.30. The third-order valence-electron chi connectivity index (χ3n) is 4.49. The number of nitrogens with zero attached hydrogens (tertiary/aromatic N) is 3. The molecule has 0 unspecified atom stereocenters. The first kappa shape index (κ1) is 21.4. The van der Waals surface area contributed by atoms with E-state index in [0.717, 1.165) is 15.7 Å². The smallest absolute Gasteiger partial charge is 0.261 e. The number of amides is 1. The van der Waals surface area contributed by atoms with E-state index in [1.807, 2.05) is 23.7 Å². The lowest BCUT2D eigenvalue weighted by Gasteiger charge is -2.06. The highest BCUT2D eigenvalue weighted by Gasteiger charge is 2.13. The molecule has 31 heavy (non-hydrogen) atoms. The number of rotatable bonds is 8. The first-order chi connectivity index (χ1) is 14.9. The van der Waals surface area contributed by atoms with Gasteiger partial charge in [0.1, 0.15) is 6.61 Å². The second-order valence-corrected chi connectivity index (χ2v) is 8.14. The number of anilines is 2. The van der Waals surface area contributed by atoms with Gasteiger partial charge in [0.05, 0.1) is 27.9 Å². The highest BCUT2D eigenvalue weighted by Crippen LogP contribution is 2.31. The van der Waals surface area contributed by atoms with Crippen molar-refractivity contribution < 1.29 is 18.3 Å². The quantitative estimate of drug-likeness (QED) is 0.372. The zero-order valence-corrected chi connectivity index (χ0v) is 17.9. The van der Waals surface area contributed by atoms with Crippen molar-refractivity contribution in [3.8, 4) is 0 Å². The van der Waals surface area contributed by atoms with Gasteiger partial charge in [0, 0.05) is 24.2 Å². The predicted octanol–water partition coefficient (Wildman–Crippen LogP) is 4.59. The average molecular weight is 466 g/mol. The fraction of sp³-hybridized carbons (Fsp3) is 0.250. The molecule has 7 nitrogen and oxygen atoms in total. The van der Waals surface area contributed by atoms with Crippen molar-refractivity contribution in [3.05, 3.63) is 47.0 Å². The van der Waals surface area contributed by atoms with Crippen LogP contribution >= 0.6 is 22.9 Å². The summed E-state index contributed by atoms with van der Waals surface area (Å²) in [7, 11) is 1.86. The molecule has 11 heteroatoms. The highest BCUT2D eigenvalue weighted by molar-refractivity contribution is 7.22. The molecule has 2 aromatic heterocycles. The van der Waals surface area contributed by atoms with Crippen LogP contribution in [0.1, 0.15) is 10.4 Å². The third kappa shape index (κ3) is 4.92. The Labute approximate surface area is 185 Å². The molecule has 2 aromatic carbocycles. The lowest BCUT2D eigenvalue weighted by molar-refractivity contribution is 0.0188. The van der Waals surface area contributed by atoms with E-state index in [2.05, 4.69) is 20.6 Å². The summed E-state index contributed by atoms with van der Waals surface area (Å²) in [5, 5.41) is 7.18. The van der Waals surface area contributed by atoms with E-state index in [-0.39, 0.29) is 19.1 Å². The number of nitrogens with one attached hydrogen (secondary N) is 2. The molecule has 0 aliphatic rings. The fourth-order valence-electron chi connectivity index (χ4n) is 3.01. The molecule has 0 saturated carbocycles. The minimum absolute atomic E-state index is 0.0172. The number of imidazole rings is 1. The summed E-state index contributed by atoms with van der Waals surface area (Å²) in [4.78, 5) is 21.4. The van der Waals surface area contributed by atoms with Gasteiger partial charge in [-0.3, -0.25) is 4.79 Å². The molecular weight excluding hydrogens is 448 g/mol. The molecule has 0 atom stereocenters. The molecule has 1 amide bonds. The van der Waals surface area contributed by atoms with E-state index >= 15 is 0 Å². The second-order valence-electron chi connectivity index (χ2n) is 6.68. The number of aromatic nitrogens is 3. The zero-order chi connectivity index (χ0) is 22.0. The molecular formula is C20H18ClF2N5O2S. The van der Waals surface area contributed by atoms with Crippen LogP contribution in [0.25, 0.3) is 21.3 Å². The molecule has 0 aliphatic carbocycles. The largest absolute Gasteiger partial charge is 0.374 e. The SMILES string of the molecule is Cn1c(Nc2nc3ccc(Cl)cc3s2)nc2cc(C(=O)NCCOCC(F)F)ccc21. The van der Waals surface area contributed by atoms with E-state index in [9.17, 15) is 13.6 Å². The maximum absolute atomic E-state index is 12.3. The minimum Gasteiger partial charge on any atom is -0.374 e. The number of hydrogen-bond acceptors (Lipinski definition) is 6. The Morgan fingerprint density at radius 3 is 2.87 bits per heavy atom. The van der Waals surface area contributed by atoms with Crippen molar-refractivity contribution in [2.45, 2.75) is 6.43 Å². The third-order valence-corrected chi connectivity index (χ3v) is 5.66. The van der Waals surface area contributed by atoms with Gasteiger partial charge in [-0.05, 0) is 36.4 Å². The maximum atomic E-state index is 12.3. The molecule has 2 heterocycles. The number of carbonyl (C=O) groups excluding carboxylic acids is 1. The lowest BCUT2D eigenvalue weighted by Crippen LogP contribution is -2.27. The van der Waals surface area contributed by atoms with Crippen molar-refractivity contribution in [2.75, 3.05) is 25.1 Å². The minimum atomic E-state index is -2.52. The maximum Gasteiger partial charge on any atom is 0.261 e. The molecule has 0 saturated heterocycles. The van der Waals surface area contributed by atoms with Crippen molar-refractivity contribution in [1.29, 1.82) is 0 Å². The van der Waals surface area contributed by atoms with Gasteiger partial charge in [0.2, 0.25) is 5.95 Å². The van der Waals surface area contributed by atoms with Gasteiger partial charge in [-0.2, -0.15) is 0 Å². The lowest BCUT2D eigenvalue weighted by atomic mass is 10.2. The predicted molar refractivity (Wildman–Crippen MR) is 118 cm³/mol. The molecule has 0 aliphatic heterocycles. The highest BCUT2D eigenvalue weighted by atomic mass is 35.5. The normalized spacial score (nSPS) is 11.5. The number of alkyl halides is 2. The average Bonchev–Trinajstić information content (AvgIpc) is 3.27. The van der Waals surface area contributed by atoms with Gasteiger partial charge >= 0.3 is 0 Å². The van der Waals surface area contributed by atoms with Gasteiger partial charge in [0.25, 0.3) is 12.3 Å². The van der Waals surface area contributed by atoms with Gasteiger partial charge in [-0.25, -0.2) is 18.7 Å². The van der Waals surface area contributed by atoms with Crippen molar-refractivity contribution in [2.24, 2.45) is 7.05 Å². The van der Waals surface area contributed by atoms with Gasteiger partial charge in [0.15, 0.2) is 5.13 Å². The molecule has 4 rings (SSSR count). The Morgan fingerprint density at radius 2 is 2.06 bits per heavy atom. The monoisotopic (exact) mass is 465 g/mol. The summed E-state index contributed by atoms with van der Waals surface area (Å²) in [6, 6.07) is 10.7. The zero-order valence-electron chi connectivity index (χ0n) is 16.4. The summed E-state index contributed by atoms with van der Waals surface area (Å²) in [5.41, 5.74) is 2.73. The molecule has 0 spiro atoms. The van der Waals surface area contributed by atoms with Crippen LogP contribution in [0.4, 0.5) is 19.9 Å². The Morgan fingerprint density at radius 1 is 1.23 bits per heavy atom. The van der Waals surface area contributed by atoms with E-state index < -0.39 is 13.0 Å². The van der Waals surface area contributed by atoms with E-state index in [1.165, 1.54) is 11.3 Å². The summed E-state index contributed by atoms with van der Waals surface area (Å²) in [5.74, 6) is 0.254. The Balaban J connectivity index is 1.47. The molecule has 162 valence electrons. The molecule has 2 N–H and O–H groups in total. The van der Waals surface area contributed by atoms with E-state index in [0.29, 0.717) is 27.2 Å². The van der Waals surface area contributed by atoms with Crippen molar-refractivity contribution in [3.63, 3.8) is 0 Å². The fourth-order valence-corrected chi connectivity index (χ4v) is 4.15. The van der Waals surface area contributed by atoms with Crippen molar-refractivity contribution in [1.82, 2.24) is 19.9 Å². The number of thiazole rings is 1. The van der Waals surface area contributed by atoms with Gasteiger partial charge in [-0.15, -0.1) is 0 Å². The van der Waals surface area contributed by atoms with Crippen molar-refractivity contribution >= 4 is 61.2 Å². The number of ether oxygens (including phenoxy) is 1. The summed E-state index contributed by atoms with van der Waals surface area (Å²) < 4.78 is 31.7. The van der Waals surface area contributed by atoms with Crippen LogP contribution in [0.15, 0.2) is 36.4 Å². The number of carbonyl (C=O) groups is 1.